The zero-order chi connectivity index (χ0) is 12.8. The van der Waals surface area contributed by atoms with Crippen molar-refractivity contribution in [2.75, 3.05) is 13.1 Å². The lowest BCUT2D eigenvalue weighted by molar-refractivity contribution is 0.500. The quantitative estimate of drug-likeness (QED) is 0.603. The van der Waals surface area contributed by atoms with E-state index in [1.807, 2.05) is 0 Å². The summed E-state index contributed by atoms with van der Waals surface area (Å²) < 4.78 is 0. The van der Waals surface area contributed by atoms with E-state index in [2.05, 4.69) is 36.5 Å². The number of aryl methyl sites for hydroxylation is 1. The molecule has 2 rings (SSSR count). The van der Waals surface area contributed by atoms with Crippen LogP contribution in [-0.4, -0.2) is 18.5 Å². The van der Waals surface area contributed by atoms with Crippen molar-refractivity contribution in [2.45, 2.75) is 50.3 Å². The van der Waals surface area contributed by atoms with Gasteiger partial charge in [0, 0.05) is 11.9 Å². The van der Waals surface area contributed by atoms with Gasteiger partial charge in [-0.05, 0) is 55.7 Å². The third kappa shape index (κ3) is 3.73. The van der Waals surface area contributed by atoms with Crippen LogP contribution in [-0.2, 0) is 6.42 Å². The van der Waals surface area contributed by atoms with Crippen LogP contribution < -0.4 is 5.32 Å². The largest absolute Gasteiger partial charge is 0.316 e. The average Bonchev–Trinajstić information content (AvgIpc) is 2.43. The van der Waals surface area contributed by atoms with E-state index < -0.39 is 0 Å². The van der Waals surface area contributed by atoms with Gasteiger partial charge in [-0.1, -0.05) is 31.2 Å². The topological polar surface area (TPSA) is 12.0 Å². The van der Waals surface area contributed by atoms with Crippen LogP contribution >= 0.6 is 11.6 Å². The molecular weight excluding hydrogens is 242 g/mol. The highest BCUT2D eigenvalue weighted by atomic mass is 35.5. The molecule has 0 amide bonds. The van der Waals surface area contributed by atoms with Crippen molar-refractivity contribution in [2.24, 2.45) is 0 Å². The molecule has 0 aliphatic heterocycles. The van der Waals surface area contributed by atoms with E-state index in [4.69, 9.17) is 11.6 Å². The van der Waals surface area contributed by atoms with Gasteiger partial charge in [-0.3, -0.25) is 0 Å². The molecule has 0 bridgehead atoms. The zero-order valence-electron chi connectivity index (χ0n) is 11.3. The molecule has 2 heteroatoms. The van der Waals surface area contributed by atoms with Gasteiger partial charge in [0.2, 0.25) is 0 Å². The third-order valence-corrected chi connectivity index (χ3v) is 4.49. The molecule has 100 valence electrons. The lowest BCUT2D eigenvalue weighted by atomic mass is 9.83. The molecule has 0 aromatic heterocycles. The van der Waals surface area contributed by atoms with Gasteiger partial charge in [0.25, 0.3) is 0 Å². The number of alkyl halides is 1. The van der Waals surface area contributed by atoms with Gasteiger partial charge in [0.05, 0.1) is 0 Å². The van der Waals surface area contributed by atoms with E-state index in [9.17, 15) is 0 Å². The molecule has 1 aromatic rings. The van der Waals surface area contributed by atoms with Gasteiger partial charge in [-0.25, -0.2) is 0 Å². The molecule has 18 heavy (non-hydrogen) atoms. The average molecular weight is 266 g/mol. The highest BCUT2D eigenvalue weighted by Gasteiger charge is 2.18. The fourth-order valence-corrected chi connectivity index (χ4v) is 2.91. The SMILES string of the molecule is CCC(Cl)CCNCC1CCCc2ccccc21. The highest BCUT2D eigenvalue weighted by Crippen LogP contribution is 2.30. The Morgan fingerprint density at radius 1 is 1.39 bits per heavy atom. The maximum Gasteiger partial charge on any atom is 0.0345 e. The lowest BCUT2D eigenvalue weighted by Gasteiger charge is -2.25. The van der Waals surface area contributed by atoms with Gasteiger partial charge >= 0.3 is 0 Å². The predicted octanol–water partition coefficient (Wildman–Crippen LogP) is 4.10. The Kier molecular flexibility index (Phi) is 5.52. The van der Waals surface area contributed by atoms with Crippen LogP contribution in [0.15, 0.2) is 24.3 Å². The molecule has 1 aromatic carbocycles. The highest BCUT2D eigenvalue weighted by molar-refractivity contribution is 6.20. The number of rotatable bonds is 6. The van der Waals surface area contributed by atoms with E-state index in [0.29, 0.717) is 11.3 Å². The summed E-state index contributed by atoms with van der Waals surface area (Å²) in [6.45, 7) is 4.29. The van der Waals surface area contributed by atoms with Crippen molar-refractivity contribution in [3.05, 3.63) is 35.4 Å². The smallest absolute Gasteiger partial charge is 0.0345 e. The Labute approximate surface area is 116 Å². The number of benzene rings is 1. The summed E-state index contributed by atoms with van der Waals surface area (Å²) in [6.07, 6.45) is 6.05. The van der Waals surface area contributed by atoms with Crippen LogP contribution in [0.5, 0.6) is 0 Å². The fourth-order valence-electron chi connectivity index (χ4n) is 2.81. The van der Waals surface area contributed by atoms with Crippen molar-refractivity contribution in [3.8, 4) is 0 Å². The summed E-state index contributed by atoms with van der Waals surface area (Å²) in [7, 11) is 0. The van der Waals surface area contributed by atoms with Crippen LogP contribution in [0.1, 0.15) is 49.7 Å². The molecule has 1 nitrogen and oxygen atoms in total. The molecule has 0 fully saturated rings. The van der Waals surface area contributed by atoms with E-state index in [-0.39, 0.29) is 0 Å². The molecule has 0 spiro atoms. The Hall–Kier alpha value is -0.530. The second-order valence-corrected chi connectivity index (χ2v) is 5.90. The number of hydrogen-bond acceptors (Lipinski definition) is 1. The van der Waals surface area contributed by atoms with Gasteiger partial charge < -0.3 is 5.32 Å². The second kappa shape index (κ2) is 7.16. The number of fused-ring (bicyclic) bond motifs is 1. The minimum Gasteiger partial charge on any atom is -0.316 e. The molecular formula is C16H24ClN. The standard InChI is InChI=1S/C16H24ClN/c1-2-15(17)10-11-18-12-14-8-5-7-13-6-3-4-9-16(13)14/h3-4,6,9,14-15,18H,2,5,7-8,10-12H2,1H3. The molecule has 0 saturated heterocycles. The van der Waals surface area contributed by atoms with E-state index >= 15 is 0 Å². The Balaban J connectivity index is 1.81. The van der Waals surface area contributed by atoms with Crippen LogP contribution in [0.2, 0.25) is 0 Å². The number of hydrogen-bond donors (Lipinski definition) is 1. The first-order valence-corrected chi connectivity index (χ1v) is 7.67. The maximum absolute atomic E-state index is 6.13. The van der Waals surface area contributed by atoms with E-state index in [1.165, 1.54) is 19.3 Å². The fraction of sp³-hybridized carbons (Fsp3) is 0.625. The van der Waals surface area contributed by atoms with Crippen molar-refractivity contribution in [1.82, 2.24) is 5.32 Å². The number of halogens is 1. The van der Waals surface area contributed by atoms with Crippen LogP contribution in [0.25, 0.3) is 0 Å². The molecule has 1 aliphatic rings. The Morgan fingerprint density at radius 3 is 3.06 bits per heavy atom. The minimum absolute atomic E-state index is 0.330. The van der Waals surface area contributed by atoms with Gasteiger partial charge in [-0.2, -0.15) is 0 Å². The second-order valence-electron chi connectivity index (χ2n) is 5.29. The molecule has 2 atom stereocenters. The predicted molar refractivity (Wildman–Crippen MR) is 79.5 cm³/mol. The first kappa shape index (κ1) is 13.9. The van der Waals surface area contributed by atoms with E-state index in [1.54, 1.807) is 11.1 Å². The minimum atomic E-state index is 0.330. The zero-order valence-corrected chi connectivity index (χ0v) is 12.0. The summed E-state index contributed by atoms with van der Waals surface area (Å²) >= 11 is 6.13. The van der Waals surface area contributed by atoms with Crippen molar-refractivity contribution in [1.29, 1.82) is 0 Å². The summed E-state index contributed by atoms with van der Waals surface area (Å²) in [5.74, 6) is 0.699. The molecule has 0 saturated carbocycles. The molecule has 0 heterocycles. The Morgan fingerprint density at radius 2 is 2.22 bits per heavy atom. The molecule has 1 aliphatic carbocycles. The first-order chi connectivity index (χ1) is 8.81. The summed E-state index contributed by atoms with van der Waals surface area (Å²) in [5, 5.41) is 3.91. The van der Waals surface area contributed by atoms with Crippen LogP contribution in [0, 0.1) is 0 Å². The van der Waals surface area contributed by atoms with Crippen molar-refractivity contribution in [3.63, 3.8) is 0 Å². The van der Waals surface area contributed by atoms with Crippen molar-refractivity contribution >= 4 is 11.6 Å². The molecule has 2 unspecified atom stereocenters. The van der Waals surface area contributed by atoms with Gasteiger partial charge in [0.1, 0.15) is 0 Å². The van der Waals surface area contributed by atoms with E-state index in [0.717, 1.165) is 25.9 Å². The summed E-state index contributed by atoms with van der Waals surface area (Å²) in [4.78, 5) is 0. The monoisotopic (exact) mass is 265 g/mol. The van der Waals surface area contributed by atoms with Gasteiger partial charge in [0.15, 0.2) is 0 Å². The normalized spacial score (nSPS) is 20.4. The van der Waals surface area contributed by atoms with Crippen molar-refractivity contribution < 1.29 is 0 Å². The lowest BCUT2D eigenvalue weighted by Crippen LogP contribution is -2.26. The third-order valence-electron chi connectivity index (χ3n) is 3.96. The van der Waals surface area contributed by atoms with Gasteiger partial charge in [-0.15, -0.1) is 11.6 Å². The summed E-state index contributed by atoms with van der Waals surface area (Å²) in [6, 6.07) is 8.92. The van der Waals surface area contributed by atoms with Crippen LogP contribution in [0.4, 0.5) is 0 Å². The van der Waals surface area contributed by atoms with Crippen LogP contribution in [0.3, 0.4) is 0 Å². The maximum atomic E-state index is 6.13. The molecule has 1 N–H and O–H groups in total. The first-order valence-electron chi connectivity index (χ1n) is 7.24. The Bertz CT molecular complexity index is 364. The summed E-state index contributed by atoms with van der Waals surface area (Å²) in [5.41, 5.74) is 3.12. The molecule has 0 radical (unpaired) electrons. The number of nitrogens with one attached hydrogen (secondary N) is 1.